The Labute approximate surface area is 85.1 Å². The van der Waals surface area contributed by atoms with Crippen LogP contribution in [0.25, 0.3) is 0 Å². The van der Waals surface area contributed by atoms with Crippen LogP contribution < -0.4 is 10.6 Å². The molecule has 1 rings (SSSR count). The number of carbonyl (C=O) groups is 1. The van der Waals surface area contributed by atoms with Crippen LogP contribution in [0.1, 0.15) is 33.1 Å². The minimum Gasteiger partial charge on any atom is -0.394 e. The van der Waals surface area contributed by atoms with Crippen LogP contribution in [0.3, 0.4) is 0 Å². The molecule has 82 valence electrons. The van der Waals surface area contributed by atoms with Crippen molar-refractivity contribution in [2.45, 2.75) is 44.7 Å². The standard InChI is InChI=1S/C10H20N2O2/c1-3-10(2,7-13)12-9(14)8-5-4-6-11-8/h8,11,13H,3-7H2,1-2H3,(H,12,14)/t8-,10?/m1/s1. The van der Waals surface area contributed by atoms with Crippen molar-refractivity contribution in [1.82, 2.24) is 10.6 Å². The molecule has 0 saturated carbocycles. The molecule has 14 heavy (non-hydrogen) atoms. The van der Waals surface area contributed by atoms with Crippen molar-refractivity contribution in [3.63, 3.8) is 0 Å². The summed E-state index contributed by atoms with van der Waals surface area (Å²) in [4.78, 5) is 11.7. The Morgan fingerprint density at radius 1 is 1.71 bits per heavy atom. The first kappa shape index (κ1) is 11.5. The van der Waals surface area contributed by atoms with E-state index in [1.165, 1.54) is 0 Å². The monoisotopic (exact) mass is 200 g/mol. The molecule has 1 saturated heterocycles. The van der Waals surface area contributed by atoms with Gasteiger partial charge in [0.2, 0.25) is 5.91 Å². The van der Waals surface area contributed by atoms with Gasteiger partial charge < -0.3 is 15.7 Å². The molecule has 4 heteroatoms. The number of nitrogens with one attached hydrogen (secondary N) is 2. The minimum atomic E-state index is -0.471. The lowest BCUT2D eigenvalue weighted by Gasteiger charge is -2.28. The van der Waals surface area contributed by atoms with Crippen LogP contribution >= 0.6 is 0 Å². The first-order valence-corrected chi connectivity index (χ1v) is 5.27. The summed E-state index contributed by atoms with van der Waals surface area (Å²) in [5.41, 5.74) is -0.471. The average Bonchev–Trinajstić information content (AvgIpc) is 2.70. The topological polar surface area (TPSA) is 61.4 Å². The van der Waals surface area contributed by atoms with Crippen LogP contribution in [0.5, 0.6) is 0 Å². The van der Waals surface area contributed by atoms with Gasteiger partial charge in [-0.25, -0.2) is 0 Å². The van der Waals surface area contributed by atoms with Gasteiger partial charge >= 0.3 is 0 Å². The quantitative estimate of drug-likeness (QED) is 0.599. The fourth-order valence-electron chi connectivity index (χ4n) is 1.53. The maximum absolute atomic E-state index is 11.7. The number of rotatable bonds is 4. The molecule has 3 N–H and O–H groups in total. The molecular weight excluding hydrogens is 180 g/mol. The third-order valence-corrected chi connectivity index (χ3v) is 2.93. The van der Waals surface area contributed by atoms with Crippen molar-refractivity contribution in [2.75, 3.05) is 13.2 Å². The summed E-state index contributed by atoms with van der Waals surface area (Å²) in [5.74, 6) is 0.0147. The summed E-state index contributed by atoms with van der Waals surface area (Å²) in [6.07, 6.45) is 2.69. The summed E-state index contributed by atoms with van der Waals surface area (Å²) >= 11 is 0. The summed E-state index contributed by atoms with van der Waals surface area (Å²) in [7, 11) is 0. The Morgan fingerprint density at radius 2 is 2.43 bits per heavy atom. The highest BCUT2D eigenvalue weighted by Gasteiger charge is 2.28. The van der Waals surface area contributed by atoms with E-state index in [1.54, 1.807) is 0 Å². The number of aliphatic hydroxyl groups is 1. The highest BCUT2D eigenvalue weighted by atomic mass is 16.3. The Morgan fingerprint density at radius 3 is 2.86 bits per heavy atom. The van der Waals surface area contributed by atoms with Crippen LogP contribution in [0.15, 0.2) is 0 Å². The molecule has 0 spiro atoms. The number of carbonyl (C=O) groups excluding carboxylic acids is 1. The van der Waals surface area contributed by atoms with Crippen LogP contribution in [0.2, 0.25) is 0 Å². The third-order valence-electron chi connectivity index (χ3n) is 2.93. The first-order chi connectivity index (χ1) is 6.61. The van der Waals surface area contributed by atoms with Gasteiger partial charge in [-0.3, -0.25) is 4.79 Å². The fraction of sp³-hybridized carbons (Fsp3) is 0.900. The molecule has 2 atom stereocenters. The zero-order chi connectivity index (χ0) is 10.6. The lowest BCUT2D eigenvalue weighted by atomic mass is 9.99. The van der Waals surface area contributed by atoms with Gasteiger partial charge in [0.25, 0.3) is 0 Å². The van der Waals surface area contributed by atoms with Crippen LogP contribution in [0, 0.1) is 0 Å². The van der Waals surface area contributed by atoms with E-state index in [0.29, 0.717) is 0 Å². The normalized spacial score (nSPS) is 25.8. The lowest BCUT2D eigenvalue weighted by molar-refractivity contribution is -0.125. The zero-order valence-corrected chi connectivity index (χ0v) is 8.97. The maximum Gasteiger partial charge on any atom is 0.237 e. The van der Waals surface area contributed by atoms with Gasteiger partial charge in [-0.1, -0.05) is 6.92 Å². The van der Waals surface area contributed by atoms with Crippen LogP contribution in [0.4, 0.5) is 0 Å². The molecule has 4 nitrogen and oxygen atoms in total. The molecular formula is C10H20N2O2. The van der Waals surface area contributed by atoms with E-state index in [-0.39, 0.29) is 18.6 Å². The zero-order valence-electron chi connectivity index (χ0n) is 8.97. The Balaban J connectivity index is 2.45. The molecule has 0 aromatic heterocycles. The van der Waals surface area contributed by atoms with Gasteiger partial charge in [0.1, 0.15) is 0 Å². The highest BCUT2D eigenvalue weighted by Crippen LogP contribution is 2.11. The minimum absolute atomic E-state index is 0.0119. The van der Waals surface area contributed by atoms with E-state index < -0.39 is 5.54 Å². The van der Waals surface area contributed by atoms with E-state index in [2.05, 4.69) is 10.6 Å². The van der Waals surface area contributed by atoms with E-state index >= 15 is 0 Å². The summed E-state index contributed by atoms with van der Waals surface area (Å²) in [6.45, 7) is 4.72. The van der Waals surface area contributed by atoms with Crippen molar-refractivity contribution >= 4 is 5.91 Å². The van der Waals surface area contributed by atoms with Gasteiger partial charge in [-0.2, -0.15) is 0 Å². The van der Waals surface area contributed by atoms with Crippen LogP contribution in [-0.4, -0.2) is 35.7 Å². The molecule has 0 aliphatic carbocycles. The fourth-order valence-corrected chi connectivity index (χ4v) is 1.53. The van der Waals surface area contributed by atoms with E-state index in [9.17, 15) is 4.79 Å². The van der Waals surface area contributed by atoms with Crippen LogP contribution in [-0.2, 0) is 4.79 Å². The molecule has 1 unspecified atom stereocenters. The Hall–Kier alpha value is -0.610. The summed E-state index contributed by atoms with van der Waals surface area (Å²) in [6, 6.07) is -0.0626. The Kier molecular flexibility index (Phi) is 3.89. The number of hydrogen-bond donors (Lipinski definition) is 3. The second kappa shape index (κ2) is 4.75. The molecule has 1 amide bonds. The van der Waals surface area contributed by atoms with E-state index in [4.69, 9.17) is 5.11 Å². The van der Waals surface area contributed by atoms with Gasteiger partial charge in [0, 0.05) is 0 Å². The van der Waals surface area contributed by atoms with Crippen molar-refractivity contribution in [2.24, 2.45) is 0 Å². The molecule has 1 aliphatic rings. The number of aliphatic hydroxyl groups excluding tert-OH is 1. The summed E-state index contributed by atoms with van der Waals surface area (Å²) in [5, 5.41) is 15.2. The predicted octanol–water partition coefficient (Wildman–Crippen LogP) is 0.0156. The van der Waals surface area contributed by atoms with Crippen molar-refractivity contribution < 1.29 is 9.90 Å². The van der Waals surface area contributed by atoms with Crippen molar-refractivity contribution in [3.8, 4) is 0 Å². The largest absolute Gasteiger partial charge is 0.394 e. The maximum atomic E-state index is 11.7. The first-order valence-electron chi connectivity index (χ1n) is 5.27. The number of hydrogen-bond acceptors (Lipinski definition) is 3. The van der Waals surface area contributed by atoms with E-state index in [1.807, 2.05) is 13.8 Å². The number of amides is 1. The Bertz CT molecular complexity index is 196. The third kappa shape index (κ3) is 2.69. The average molecular weight is 200 g/mol. The molecule has 1 aliphatic heterocycles. The van der Waals surface area contributed by atoms with Gasteiger partial charge in [0.05, 0.1) is 18.2 Å². The lowest BCUT2D eigenvalue weighted by Crippen LogP contribution is -2.53. The second-order valence-corrected chi connectivity index (χ2v) is 4.21. The molecule has 0 aromatic carbocycles. The van der Waals surface area contributed by atoms with E-state index in [0.717, 1.165) is 25.8 Å². The van der Waals surface area contributed by atoms with Gasteiger partial charge in [0.15, 0.2) is 0 Å². The predicted molar refractivity (Wildman–Crippen MR) is 54.9 cm³/mol. The van der Waals surface area contributed by atoms with Crippen molar-refractivity contribution in [3.05, 3.63) is 0 Å². The van der Waals surface area contributed by atoms with Gasteiger partial charge in [-0.05, 0) is 32.7 Å². The SMILES string of the molecule is CCC(C)(CO)NC(=O)[C@H]1CCCN1. The second-order valence-electron chi connectivity index (χ2n) is 4.21. The van der Waals surface area contributed by atoms with Gasteiger partial charge in [-0.15, -0.1) is 0 Å². The molecule has 1 heterocycles. The molecule has 0 radical (unpaired) electrons. The molecule has 1 fully saturated rings. The summed E-state index contributed by atoms with van der Waals surface area (Å²) < 4.78 is 0. The highest BCUT2D eigenvalue weighted by molar-refractivity contribution is 5.82. The smallest absolute Gasteiger partial charge is 0.237 e. The van der Waals surface area contributed by atoms with Crippen molar-refractivity contribution in [1.29, 1.82) is 0 Å². The molecule has 0 bridgehead atoms. The molecule has 0 aromatic rings.